The van der Waals surface area contributed by atoms with E-state index in [-0.39, 0.29) is 16.4 Å². The highest BCUT2D eigenvalue weighted by molar-refractivity contribution is 7.92. The summed E-state index contributed by atoms with van der Waals surface area (Å²) in [5, 5.41) is 2.94. The lowest BCUT2D eigenvalue weighted by Gasteiger charge is -2.33. The summed E-state index contributed by atoms with van der Waals surface area (Å²) in [5.41, 5.74) is 1.45. The Morgan fingerprint density at radius 3 is 2.45 bits per heavy atom. The maximum absolute atomic E-state index is 13.5. The highest BCUT2D eigenvalue weighted by Crippen LogP contribution is 2.34. The van der Waals surface area contributed by atoms with E-state index in [1.54, 1.807) is 24.6 Å². The van der Waals surface area contributed by atoms with Crippen molar-refractivity contribution < 1.29 is 21.6 Å². The topological polar surface area (TPSA) is 129 Å². The second kappa shape index (κ2) is 9.79. The fraction of sp³-hybridized carbons (Fsp3) is 0.409. The third kappa shape index (κ3) is 4.77. The van der Waals surface area contributed by atoms with Crippen LogP contribution >= 0.6 is 22.9 Å². The average Bonchev–Trinajstić information content (AvgIpc) is 3.60. The van der Waals surface area contributed by atoms with Crippen LogP contribution in [0.1, 0.15) is 16.1 Å². The number of hydrogen-bond acceptors (Lipinski definition) is 9. The van der Waals surface area contributed by atoms with E-state index in [2.05, 4.69) is 9.97 Å². The number of carbonyl (C=O) groups is 1. The van der Waals surface area contributed by atoms with Crippen molar-refractivity contribution in [2.75, 3.05) is 60.1 Å². The van der Waals surface area contributed by atoms with Gasteiger partial charge in [0.25, 0.3) is 5.91 Å². The van der Waals surface area contributed by atoms with Gasteiger partial charge in [0.2, 0.25) is 20.0 Å². The number of fused-ring (bicyclic) bond motifs is 1. The SMILES string of the molecule is CN(c1ncn(C)c1C(=O)N1CCc2cc(S(=O)(=O)N3CCN(c4nc(Cl)cs4)CC3)ccc21)S(C)(=O)=O. The molecule has 204 valence electrons. The van der Waals surface area contributed by atoms with Gasteiger partial charge in [-0.15, -0.1) is 11.3 Å². The number of halogens is 1. The molecular formula is C22H26ClN7O5S3. The van der Waals surface area contributed by atoms with Gasteiger partial charge in [-0.2, -0.15) is 4.31 Å². The van der Waals surface area contributed by atoms with E-state index in [9.17, 15) is 21.6 Å². The van der Waals surface area contributed by atoms with Crippen LogP contribution in [-0.2, 0) is 33.5 Å². The molecule has 12 nitrogen and oxygen atoms in total. The predicted octanol–water partition coefficient (Wildman–Crippen LogP) is 1.64. The Labute approximate surface area is 230 Å². The minimum atomic E-state index is -3.73. The number of sulfonamides is 2. The molecule has 1 aromatic carbocycles. The van der Waals surface area contributed by atoms with Crippen molar-refractivity contribution in [2.24, 2.45) is 7.05 Å². The number of nitrogens with zero attached hydrogens (tertiary/aromatic N) is 7. The van der Waals surface area contributed by atoms with E-state index in [0.29, 0.717) is 50.0 Å². The Bertz CT molecular complexity index is 1610. The number of imidazole rings is 1. The zero-order chi connectivity index (χ0) is 27.4. The van der Waals surface area contributed by atoms with Crippen molar-refractivity contribution in [3.8, 4) is 0 Å². The van der Waals surface area contributed by atoms with Gasteiger partial charge in [0.05, 0.1) is 17.5 Å². The maximum Gasteiger partial charge on any atom is 0.278 e. The predicted molar refractivity (Wildman–Crippen MR) is 146 cm³/mol. The summed E-state index contributed by atoms with van der Waals surface area (Å²) in [6, 6.07) is 4.77. The molecule has 2 aliphatic rings. The lowest BCUT2D eigenvalue weighted by molar-refractivity contribution is 0.0982. The van der Waals surface area contributed by atoms with Gasteiger partial charge < -0.3 is 14.4 Å². The van der Waals surface area contributed by atoms with Crippen molar-refractivity contribution in [1.82, 2.24) is 18.8 Å². The molecule has 0 spiro atoms. The highest BCUT2D eigenvalue weighted by Gasteiger charge is 2.34. The molecule has 0 unspecified atom stereocenters. The van der Waals surface area contributed by atoms with E-state index >= 15 is 0 Å². The lowest BCUT2D eigenvalue weighted by atomic mass is 10.2. The summed E-state index contributed by atoms with van der Waals surface area (Å²) < 4.78 is 54.9. The number of piperazine rings is 1. The molecule has 38 heavy (non-hydrogen) atoms. The second-order valence-electron chi connectivity index (χ2n) is 9.10. The van der Waals surface area contributed by atoms with Crippen molar-refractivity contribution in [1.29, 1.82) is 0 Å². The summed E-state index contributed by atoms with van der Waals surface area (Å²) in [7, 11) is -4.40. The minimum Gasteiger partial charge on any atom is -0.345 e. The molecule has 0 aliphatic carbocycles. The minimum absolute atomic E-state index is 0.0341. The third-order valence-electron chi connectivity index (χ3n) is 6.72. The summed E-state index contributed by atoms with van der Waals surface area (Å²) in [4.78, 5) is 25.6. The molecule has 0 radical (unpaired) electrons. The Kier molecular flexibility index (Phi) is 6.92. The maximum atomic E-state index is 13.5. The largest absolute Gasteiger partial charge is 0.345 e. The Balaban J connectivity index is 1.35. The quantitative estimate of drug-likeness (QED) is 0.418. The number of benzene rings is 1. The van der Waals surface area contributed by atoms with Crippen LogP contribution < -0.4 is 14.1 Å². The number of anilines is 3. The second-order valence-corrected chi connectivity index (χ2v) is 14.3. The third-order valence-corrected chi connectivity index (χ3v) is 11.0. The van der Waals surface area contributed by atoms with Crippen molar-refractivity contribution in [3.63, 3.8) is 0 Å². The molecule has 5 rings (SSSR count). The van der Waals surface area contributed by atoms with Crippen LogP contribution in [0.25, 0.3) is 0 Å². The van der Waals surface area contributed by atoms with Crippen molar-refractivity contribution >= 4 is 65.5 Å². The van der Waals surface area contributed by atoms with E-state index in [1.807, 2.05) is 4.90 Å². The molecule has 2 aromatic heterocycles. The van der Waals surface area contributed by atoms with Crippen LogP contribution in [0.4, 0.5) is 16.6 Å². The molecule has 2 aliphatic heterocycles. The zero-order valence-corrected chi connectivity index (χ0v) is 24.1. The van der Waals surface area contributed by atoms with E-state index in [1.165, 1.54) is 44.6 Å². The fourth-order valence-corrected chi connectivity index (χ4v) is 7.51. The fourth-order valence-electron chi connectivity index (χ4n) is 4.59. The first-order valence-corrected chi connectivity index (χ1v) is 16.2. The first-order valence-electron chi connectivity index (χ1n) is 11.6. The van der Waals surface area contributed by atoms with Gasteiger partial charge in [-0.25, -0.2) is 26.8 Å². The molecule has 0 bridgehead atoms. The first-order chi connectivity index (χ1) is 17.9. The van der Waals surface area contributed by atoms with Gasteiger partial charge in [-0.1, -0.05) is 11.6 Å². The van der Waals surface area contributed by atoms with Crippen molar-refractivity contribution in [2.45, 2.75) is 11.3 Å². The van der Waals surface area contributed by atoms with Crippen LogP contribution in [0.3, 0.4) is 0 Å². The molecule has 0 saturated carbocycles. The van der Waals surface area contributed by atoms with Crippen LogP contribution in [0.2, 0.25) is 5.15 Å². The Morgan fingerprint density at radius 2 is 1.82 bits per heavy atom. The number of aromatic nitrogens is 3. The molecule has 0 atom stereocenters. The number of carbonyl (C=O) groups excluding carboxylic acids is 1. The monoisotopic (exact) mass is 599 g/mol. The molecule has 1 fully saturated rings. The number of hydrogen-bond donors (Lipinski definition) is 0. The highest BCUT2D eigenvalue weighted by atomic mass is 35.5. The van der Waals surface area contributed by atoms with Gasteiger partial charge >= 0.3 is 0 Å². The average molecular weight is 600 g/mol. The first kappa shape index (κ1) is 26.9. The molecule has 1 amide bonds. The Hall–Kier alpha value is -2.72. The van der Waals surface area contributed by atoms with Gasteiger partial charge in [0, 0.05) is 57.9 Å². The Morgan fingerprint density at radius 1 is 1.11 bits per heavy atom. The van der Waals surface area contributed by atoms with Gasteiger partial charge in [-0.3, -0.25) is 9.10 Å². The smallest absolute Gasteiger partial charge is 0.278 e. The van der Waals surface area contributed by atoms with Gasteiger partial charge in [0.15, 0.2) is 16.6 Å². The van der Waals surface area contributed by atoms with Crippen LogP contribution in [0, 0.1) is 0 Å². The van der Waals surface area contributed by atoms with Crippen molar-refractivity contribution in [3.05, 3.63) is 46.3 Å². The summed E-state index contributed by atoms with van der Waals surface area (Å²) in [6.07, 6.45) is 2.90. The summed E-state index contributed by atoms with van der Waals surface area (Å²) in [6.45, 7) is 1.98. The molecular weight excluding hydrogens is 574 g/mol. The van der Waals surface area contributed by atoms with Crippen LogP contribution in [-0.4, -0.2) is 87.6 Å². The number of thiazole rings is 1. The van der Waals surface area contributed by atoms with Gasteiger partial charge in [0.1, 0.15) is 5.15 Å². The molecule has 0 N–H and O–H groups in total. The van der Waals surface area contributed by atoms with E-state index in [4.69, 9.17) is 11.6 Å². The number of amides is 1. The molecule has 3 aromatic rings. The van der Waals surface area contributed by atoms with Gasteiger partial charge in [-0.05, 0) is 30.2 Å². The number of aryl methyl sites for hydroxylation is 1. The summed E-state index contributed by atoms with van der Waals surface area (Å²) >= 11 is 7.35. The lowest BCUT2D eigenvalue weighted by Crippen LogP contribution is -2.48. The molecule has 1 saturated heterocycles. The number of rotatable bonds is 6. The summed E-state index contributed by atoms with van der Waals surface area (Å²) in [5.74, 6) is -0.380. The van der Waals surface area contributed by atoms with Crippen LogP contribution in [0.5, 0.6) is 0 Å². The molecule has 4 heterocycles. The van der Waals surface area contributed by atoms with E-state index < -0.39 is 26.0 Å². The molecule has 16 heteroatoms. The standard InChI is InChI=1S/C22H26ClN7O5S3/c1-26-14-24-20(27(2)37(3,32)33)19(26)21(31)30-7-6-15-12-16(4-5-17(15)30)38(34,35)29-10-8-28(9-11-29)22-25-18(23)13-36-22/h4-5,12-14H,6-11H2,1-3H3. The van der Waals surface area contributed by atoms with E-state index in [0.717, 1.165) is 21.3 Å². The zero-order valence-electron chi connectivity index (χ0n) is 20.9. The normalized spacial score (nSPS) is 16.6. The van der Waals surface area contributed by atoms with Crippen LogP contribution in [0.15, 0.2) is 34.8 Å².